The van der Waals surface area contributed by atoms with E-state index in [1.807, 2.05) is 6.20 Å². The highest BCUT2D eigenvalue weighted by Gasteiger charge is 2.12. The van der Waals surface area contributed by atoms with Crippen molar-refractivity contribution >= 4 is 0 Å². The molecule has 6 heteroatoms. The molecule has 0 aliphatic carbocycles. The van der Waals surface area contributed by atoms with Crippen LogP contribution in [0.5, 0.6) is 0 Å². The van der Waals surface area contributed by atoms with E-state index >= 15 is 0 Å². The molecule has 18 heavy (non-hydrogen) atoms. The lowest BCUT2D eigenvalue weighted by Crippen LogP contribution is -2.34. The second kappa shape index (κ2) is 8.18. The van der Waals surface area contributed by atoms with Crippen LogP contribution in [0.3, 0.4) is 0 Å². The van der Waals surface area contributed by atoms with Crippen molar-refractivity contribution in [2.45, 2.75) is 45.8 Å². The van der Waals surface area contributed by atoms with Crippen LogP contribution in [0.4, 0.5) is 0 Å². The lowest BCUT2D eigenvalue weighted by Gasteiger charge is -2.20. The van der Waals surface area contributed by atoms with E-state index in [2.05, 4.69) is 29.5 Å². The topological polar surface area (TPSA) is 83.2 Å². The zero-order valence-corrected chi connectivity index (χ0v) is 11.2. The predicted octanol–water partition coefficient (Wildman–Crippen LogP) is 0.157. The van der Waals surface area contributed by atoms with Gasteiger partial charge in [0.1, 0.15) is 0 Å². The highest BCUT2D eigenvalue weighted by molar-refractivity contribution is 4.92. The summed E-state index contributed by atoms with van der Waals surface area (Å²) in [4.78, 5) is 0. The molecule has 1 rings (SSSR count). The molecule has 1 atom stereocenters. The fourth-order valence-corrected chi connectivity index (χ4v) is 1.81. The molecule has 0 bridgehead atoms. The molecule has 1 heterocycles. The maximum atomic E-state index is 8.99. The van der Waals surface area contributed by atoms with E-state index in [4.69, 9.17) is 10.2 Å². The zero-order valence-electron chi connectivity index (χ0n) is 11.2. The number of aromatic nitrogens is 3. The number of nitrogens with one attached hydrogen (secondary N) is 1. The molecule has 0 aliphatic heterocycles. The molecule has 0 aliphatic rings. The fourth-order valence-electron chi connectivity index (χ4n) is 1.81. The van der Waals surface area contributed by atoms with Crippen LogP contribution in [-0.2, 0) is 13.1 Å². The Morgan fingerprint density at radius 3 is 2.72 bits per heavy atom. The first-order valence-corrected chi connectivity index (χ1v) is 6.51. The van der Waals surface area contributed by atoms with Gasteiger partial charge in [-0.15, -0.1) is 5.10 Å². The Bertz CT molecular complexity index is 328. The van der Waals surface area contributed by atoms with E-state index in [0.29, 0.717) is 25.4 Å². The van der Waals surface area contributed by atoms with Gasteiger partial charge < -0.3 is 15.5 Å². The molecule has 0 radical (unpaired) electrons. The Morgan fingerprint density at radius 1 is 1.33 bits per heavy atom. The fraction of sp³-hybridized carbons (Fsp3) is 0.833. The summed E-state index contributed by atoms with van der Waals surface area (Å²) in [6.07, 6.45) is 3.32. The molecule has 0 saturated heterocycles. The molecule has 0 aromatic carbocycles. The molecular formula is C12H24N4O2. The van der Waals surface area contributed by atoms with Crippen LogP contribution < -0.4 is 5.32 Å². The Balaban J connectivity index is 2.39. The first kappa shape index (κ1) is 15.1. The van der Waals surface area contributed by atoms with Gasteiger partial charge in [0.25, 0.3) is 0 Å². The van der Waals surface area contributed by atoms with Gasteiger partial charge in [-0.05, 0) is 18.8 Å². The molecular weight excluding hydrogens is 232 g/mol. The van der Waals surface area contributed by atoms with Crippen LogP contribution in [0, 0.1) is 5.92 Å². The van der Waals surface area contributed by atoms with Crippen LogP contribution >= 0.6 is 0 Å². The van der Waals surface area contributed by atoms with Crippen molar-refractivity contribution < 1.29 is 10.2 Å². The van der Waals surface area contributed by atoms with Crippen molar-refractivity contribution in [3.63, 3.8) is 0 Å². The van der Waals surface area contributed by atoms with Crippen LogP contribution in [0.1, 0.15) is 32.4 Å². The van der Waals surface area contributed by atoms with Crippen LogP contribution in [-0.4, -0.2) is 44.5 Å². The molecule has 0 spiro atoms. The summed E-state index contributed by atoms with van der Waals surface area (Å²) in [5, 5.41) is 29.2. The second-order valence-electron chi connectivity index (χ2n) is 4.79. The van der Waals surface area contributed by atoms with Gasteiger partial charge in [-0.1, -0.05) is 19.1 Å². The third kappa shape index (κ3) is 5.12. The highest BCUT2D eigenvalue weighted by atomic mass is 16.3. The van der Waals surface area contributed by atoms with Gasteiger partial charge in [0.15, 0.2) is 0 Å². The summed E-state index contributed by atoms with van der Waals surface area (Å²) in [6, 6.07) is 0.289. The predicted molar refractivity (Wildman–Crippen MR) is 68.9 cm³/mol. The van der Waals surface area contributed by atoms with Gasteiger partial charge in [0.05, 0.1) is 5.69 Å². The van der Waals surface area contributed by atoms with Gasteiger partial charge in [-0.2, -0.15) is 0 Å². The summed E-state index contributed by atoms with van der Waals surface area (Å²) in [7, 11) is 0. The first-order valence-electron chi connectivity index (χ1n) is 6.51. The number of aliphatic hydroxyl groups excluding tert-OH is 2. The lowest BCUT2D eigenvalue weighted by atomic mass is 10.0. The lowest BCUT2D eigenvalue weighted by molar-refractivity contribution is 0.243. The maximum Gasteiger partial charge on any atom is 0.0964 e. The molecule has 1 aromatic heterocycles. The molecule has 3 N–H and O–H groups in total. The first-order chi connectivity index (χ1) is 8.67. The van der Waals surface area contributed by atoms with Crippen molar-refractivity contribution in [3.05, 3.63) is 11.9 Å². The van der Waals surface area contributed by atoms with Crippen molar-refractivity contribution in [2.24, 2.45) is 5.92 Å². The maximum absolute atomic E-state index is 8.99. The Labute approximate surface area is 108 Å². The van der Waals surface area contributed by atoms with Gasteiger partial charge in [0, 0.05) is 38.5 Å². The molecule has 6 nitrogen and oxygen atoms in total. The molecule has 104 valence electrons. The summed E-state index contributed by atoms with van der Waals surface area (Å²) in [5.41, 5.74) is 0.886. The van der Waals surface area contributed by atoms with Crippen LogP contribution in [0.2, 0.25) is 0 Å². The molecule has 0 saturated carbocycles. The van der Waals surface area contributed by atoms with E-state index in [1.54, 1.807) is 4.68 Å². The van der Waals surface area contributed by atoms with E-state index in [0.717, 1.165) is 12.1 Å². The molecule has 0 amide bonds. The summed E-state index contributed by atoms with van der Waals surface area (Å²) in [5.74, 6) is 0.474. The molecule has 0 fully saturated rings. The standard InChI is InChI=1S/C12H24N4O2/c1-10(2)12(4-7-18)13-8-11-9-16(15-14-11)5-3-6-17/h9-10,12-13,17-18H,3-8H2,1-2H3. The summed E-state index contributed by atoms with van der Waals surface area (Å²) in [6.45, 7) is 5.96. The number of aryl methyl sites for hydroxylation is 1. The SMILES string of the molecule is CC(C)C(CCO)NCc1cn(CCCO)nn1. The monoisotopic (exact) mass is 256 g/mol. The van der Waals surface area contributed by atoms with Gasteiger partial charge in [-0.3, -0.25) is 4.68 Å². The average Bonchev–Trinajstić information content (AvgIpc) is 2.79. The minimum absolute atomic E-state index is 0.166. The van der Waals surface area contributed by atoms with Gasteiger partial charge in [0.2, 0.25) is 0 Å². The number of aliphatic hydroxyl groups is 2. The number of nitrogens with zero attached hydrogens (tertiary/aromatic N) is 3. The van der Waals surface area contributed by atoms with Crippen molar-refractivity contribution in [3.8, 4) is 0 Å². The quantitative estimate of drug-likeness (QED) is 0.586. The van der Waals surface area contributed by atoms with E-state index < -0.39 is 0 Å². The summed E-state index contributed by atoms with van der Waals surface area (Å²) < 4.78 is 1.74. The molecule has 1 aromatic rings. The van der Waals surface area contributed by atoms with Crippen molar-refractivity contribution in [1.82, 2.24) is 20.3 Å². The number of hydrogen-bond donors (Lipinski definition) is 3. The van der Waals surface area contributed by atoms with Crippen molar-refractivity contribution in [2.75, 3.05) is 13.2 Å². The second-order valence-corrected chi connectivity index (χ2v) is 4.79. The highest BCUT2D eigenvalue weighted by Crippen LogP contribution is 2.06. The van der Waals surface area contributed by atoms with E-state index in [-0.39, 0.29) is 19.3 Å². The number of hydrogen-bond acceptors (Lipinski definition) is 5. The third-order valence-corrected chi connectivity index (χ3v) is 2.92. The third-order valence-electron chi connectivity index (χ3n) is 2.92. The Kier molecular flexibility index (Phi) is 6.85. The van der Waals surface area contributed by atoms with E-state index in [1.165, 1.54) is 0 Å². The van der Waals surface area contributed by atoms with Crippen LogP contribution in [0.25, 0.3) is 0 Å². The summed E-state index contributed by atoms with van der Waals surface area (Å²) >= 11 is 0. The molecule has 1 unspecified atom stereocenters. The Morgan fingerprint density at radius 2 is 2.11 bits per heavy atom. The Hall–Kier alpha value is -0.980. The normalized spacial score (nSPS) is 13.2. The zero-order chi connectivity index (χ0) is 13.4. The minimum Gasteiger partial charge on any atom is -0.396 e. The van der Waals surface area contributed by atoms with Gasteiger partial charge in [-0.25, -0.2) is 0 Å². The van der Waals surface area contributed by atoms with Crippen molar-refractivity contribution in [1.29, 1.82) is 0 Å². The van der Waals surface area contributed by atoms with Crippen LogP contribution in [0.15, 0.2) is 6.20 Å². The minimum atomic E-state index is 0.166. The van der Waals surface area contributed by atoms with Gasteiger partial charge >= 0.3 is 0 Å². The largest absolute Gasteiger partial charge is 0.396 e. The van der Waals surface area contributed by atoms with E-state index in [9.17, 15) is 0 Å². The smallest absolute Gasteiger partial charge is 0.0964 e. The average molecular weight is 256 g/mol. The number of rotatable bonds is 9.